The number of halogens is 2. The number of hydrogen-bond acceptors (Lipinski definition) is 3. The maximum Gasteiger partial charge on any atom is 0.147 e. The van der Waals surface area contributed by atoms with Crippen LogP contribution in [0.5, 0.6) is 0 Å². The van der Waals surface area contributed by atoms with Crippen molar-refractivity contribution in [2.45, 2.75) is 6.54 Å². The second-order valence-corrected chi connectivity index (χ2v) is 6.28. The Morgan fingerprint density at radius 3 is 2.48 bits per heavy atom. The van der Waals surface area contributed by atoms with Crippen molar-refractivity contribution in [2.75, 3.05) is 0 Å². The molecule has 3 rings (SSSR count). The predicted molar refractivity (Wildman–Crippen MR) is 97.7 cm³/mol. The van der Waals surface area contributed by atoms with Gasteiger partial charge in [0.1, 0.15) is 11.5 Å². The van der Waals surface area contributed by atoms with Gasteiger partial charge >= 0.3 is 0 Å². The molecule has 2 aromatic carbocycles. The van der Waals surface area contributed by atoms with Crippen LogP contribution in [0.15, 0.2) is 74.7 Å². The first-order chi connectivity index (χ1) is 11.2. The highest BCUT2D eigenvalue weighted by Gasteiger charge is 2.03. The van der Waals surface area contributed by atoms with Crippen LogP contribution < -0.4 is 5.43 Å². The summed E-state index contributed by atoms with van der Waals surface area (Å²) in [6.45, 7) is 0.633. The van der Waals surface area contributed by atoms with E-state index >= 15 is 0 Å². The van der Waals surface area contributed by atoms with E-state index in [0.717, 1.165) is 26.4 Å². The number of hydrogen-bond donors (Lipinski definition) is 1. The SMILES string of the molecule is Clc1ccc(CN/N=C\c2ccc(-c3ccc(Br)cc3)o2)cc1. The van der Waals surface area contributed by atoms with E-state index in [4.69, 9.17) is 16.0 Å². The smallest absolute Gasteiger partial charge is 0.147 e. The Labute approximate surface area is 148 Å². The minimum atomic E-state index is 0.633. The van der Waals surface area contributed by atoms with E-state index in [1.54, 1.807) is 6.21 Å². The molecule has 23 heavy (non-hydrogen) atoms. The molecule has 0 saturated heterocycles. The zero-order valence-corrected chi connectivity index (χ0v) is 14.5. The molecule has 0 fully saturated rings. The van der Waals surface area contributed by atoms with Gasteiger partial charge in [-0.25, -0.2) is 0 Å². The van der Waals surface area contributed by atoms with Crippen molar-refractivity contribution in [1.29, 1.82) is 0 Å². The Hall–Kier alpha value is -2.04. The summed E-state index contributed by atoms with van der Waals surface area (Å²) in [5.41, 5.74) is 5.13. The van der Waals surface area contributed by atoms with Crippen LogP contribution in [0, 0.1) is 0 Å². The molecule has 0 unspecified atom stereocenters. The van der Waals surface area contributed by atoms with Crippen LogP contribution in [0.3, 0.4) is 0 Å². The molecule has 0 bridgehead atoms. The summed E-state index contributed by atoms with van der Waals surface area (Å²) < 4.78 is 6.80. The van der Waals surface area contributed by atoms with E-state index in [2.05, 4.69) is 26.5 Å². The summed E-state index contributed by atoms with van der Waals surface area (Å²) in [5, 5.41) is 4.90. The Bertz CT molecular complexity index is 795. The zero-order chi connectivity index (χ0) is 16.1. The van der Waals surface area contributed by atoms with Crippen molar-refractivity contribution in [3.63, 3.8) is 0 Å². The average molecular weight is 390 g/mol. The van der Waals surface area contributed by atoms with Gasteiger partial charge in [-0.2, -0.15) is 5.10 Å². The molecular formula is C18H14BrClN2O. The van der Waals surface area contributed by atoms with E-state index < -0.39 is 0 Å². The van der Waals surface area contributed by atoms with Crippen LogP contribution in [0.25, 0.3) is 11.3 Å². The molecule has 1 aromatic heterocycles. The van der Waals surface area contributed by atoms with Gasteiger partial charge in [-0.3, -0.25) is 0 Å². The van der Waals surface area contributed by atoms with Crippen LogP contribution in [-0.2, 0) is 6.54 Å². The predicted octanol–water partition coefficient (Wildman–Crippen LogP) is 5.49. The monoisotopic (exact) mass is 388 g/mol. The second-order valence-electron chi connectivity index (χ2n) is 4.93. The highest BCUT2D eigenvalue weighted by molar-refractivity contribution is 9.10. The summed E-state index contributed by atoms with van der Waals surface area (Å²) in [4.78, 5) is 0. The molecular weight excluding hydrogens is 376 g/mol. The Balaban J connectivity index is 1.58. The molecule has 0 aliphatic heterocycles. The normalized spacial score (nSPS) is 11.0. The van der Waals surface area contributed by atoms with Crippen molar-refractivity contribution >= 4 is 33.7 Å². The lowest BCUT2D eigenvalue weighted by atomic mass is 10.2. The van der Waals surface area contributed by atoms with Gasteiger partial charge < -0.3 is 9.84 Å². The quantitative estimate of drug-likeness (QED) is 0.463. The maximum atomic E-state index is 5.85. The highest BCUT2D eigenvalue weighted by Crippen LogP contribution is 2.23. The van der Waals surface area contributed by atoms with Gasteiger partial charge in [-0.1, -0.05) is 51.8 Å². The minimum Gasteiger partial charge on any atom is -0.455 e. The molecule has 0 saturated carbocycles. The standard InChI is InChI=1S/C18H14BrClN2O/c19-15-5-3-14(4-6-15)18-10-9-17(23-18)12-22-21-11-13-1-7-16(20)8-2-13/h1-10,12,21H,11H2/b22-12-. The van der Waals surface area contributed by atoms with E-state index in [1.165, 1.54) is 0 Å². The lowest BCUT2D eigenvalue weighted by Crippen LogP contribution is -2.05. The van der Waals surface area contributed by atoms with Gasteiger partial charge in [0.25, 0.3) is 0 Å². The van der Waals surface area contributed by atoms with Gasteiger partial charge in [0.05, 0.1) is 12.8 Å². The number of nitrogens with zero attached hydrogens (tertiary/aromatic N) is 1. The van der Waals surface area contributed by atoms with Crippen LogP contribution in [0.1, 0.15) is 11.3 Å². The number of benzene rings is 2. The average Bonchev–Trinajstić information content (AvgIpc) is 3.03. The van der Waals surface area contributed by atoms with Gasteiger partial charge in [0.15, 0.2) is 0 Å². The van der Waals surface area contributed by atoms with Crippen molar-refractivity contribution in [3.8, 4) is 11.3 Å². The third-order valence-corrected chi connectivity index (χ3v) is 4.02. The highest BCUT2D eigenvalue weighted by atomic mass is 79.9. The van der Waals surface area contributed by atoms with Crippen LogP contribution in [-0.4, -0.2) is 6.21 Å². The Kier molecular flexibility index (Phi) is 5.16. The maximum absolute atomic E-state index is 5.85. The zero-order valence-electron chi connectivity index (χ0n) is 12.2. The first-order valence-electron chi connectivity index (χ1n) is 7.07. The van der Waals surface area contributed by atoms with Crippen LogP contribution in [0.4, 0.5) is 0 Å². The fourth-order valence-corrected chi connectivity index (χ4v) is 2.43. The first-order valence-corrected chi connectivity index (χ1v) is 8.24. The summed E-state index contributed by atoms with van der Waals surface area (Å²) in [6.07, 6.45) is 1.66. The second kappa shape index (κ2) is 7.49. The van der Waals surface area contributed by atoms with E-state index in [0.29, 0.717) is 12.3 Å². The Morgan fingerprint density at radius 2 is 1.74 bits per heavy atom. The van der Waals surface area contributed by atoms with Gasteiger partial charge in [0, 0.05) is 15.1 Å². The van der Waals surface area contributed by atoms with Gasteiger partial charge in [-0.15, -0.1) is 0 Å². The molecule has 1 N–H and O–H groups in total. The van der Waals surface area contributed by atoms with Crippen molar-refractivity contribution in [1.82, 2.24) is 5.43 Å². The topological polar surface area (TPSA) is 37.5 Å². The molecule has 5 heteroatoms. The summed E-state index contributed by atoms with van der Waals surface area (Å²) in [7, 11) is 0. The lowest BCUT2D eigenvalue weighted by molar-refractivity contribution is 0.573. The van der Waals surface area contributed by atoms with Crippen molar-refractivity contribution in [3.05, 3.63) is 81.5 Å². The van der Waals surface area contributed by atoms with Gasteiger partial charge in [0.2, 0.25) is 0 Å². The molecule has 1 heterocycles. The fraction of sp³-hybridized carbons (Fsp3) is 0.0556. The third kappa shape index (κ3) is 4.47. The van der Waals surface area contributed by atoms with Gasteiger partial charge in [-0.05, 0) is 42.0 Å². The molecule has 0 amide bonds. The van der Waals surface area contributed by atoms with E-state index in [1.807, 2.05) is 60.7 Å². The largest absolute Gasteiger partial charge is 0.455 e. The lowest BCUT2D eigenvalue weighted by Gasteiger charge is -2.00. The number of furan rings is 1. The molecule has 116 valence electrons. The molecule has 0 spiro atoms. The van der Waals surface area contributed by atoms with Crippen LogP contribution in [0.2, 0.25) is 5.02 Å². The van der Waals surface area contributed by atoms with E-state index in [9.17, 15) is 0 Å². The van der Waals surface area contributed by atoms with E-state index in [-0.39, 0.29) is 0 Å². The molecule has 0 aliphatic rings. The summed E-state index contributed by atoms with van der Waals surface area (Å²) >= 11 is 9.27. The van der Waals surface area contributed by atoms with Crippen molar-refractivity contribution < 1.29 is 4.42 Å². The summed E-state index contributed by atoms with van der Waals surface area (Å²) in [5.74, 6) is 1.52. The third-order valence-electron chi connectivity index (χ3n) is 3.24. The number of rotatable bonds is 5. The Morgan fingerprint density at radius 1 is 1.00 bits per heavy atom. The number of hydrazone groups is 1. The molecule has 3 aromatic rings. The first kappa shape index (κ1) is 15.8. The minimum absolute atomic E-state index is 0.633. The fourth-order valence-electron chi connectivity index (χ4n) is 2.04. The molecule has 3 nitrogen and oxygen atoms in total. The summed E-state index contributed by atoms with van der Waals surface area (Å²) in [6, 6.07) is 19.4. The molecule has 0 atom stereocenters. The van der Waals surface area contributed by atoms with Crippen LogP contribution >= 0.6 is 27.5 Å². The molecule has 0 radical (unpaired) electrons. The van der Waals surface area contributed by atoms with Crippen molar-refractivity contribution in [2.24, 2.45) is 5.10 Å². The molecule has 0 aliphatic carbocycles. The number of nitrogens with one attached hydrogen (secondary N) is 1.